The average molecular weight is 190 g/mol. The number of primary amides is 1. The highest BCUT2D eigenvalue weighted by Gasteiger charge is 2.07. The van der Waals surface area contributed by atoms with Crippen LogP contribution in [0.25, 0.3) is 11.1 Å². The number of hydrogen-bond donors (Lipinski definition) is 1. The van der Waals surface area contributed by atoms with Crippen molar-refractivity contribution in [3.63, 3.8) is 0 Å². The van der Waals surface area contributed by atoms with Crippen LogP contribution in [0.15, 0.2) is 22.6 Å². The molecule has 1 heterocycles. The van der Waals surface area contributed by atoms with E-state index in [-0.39, 0.29) is 5.89 Å². The maximum atomic E-state index is 10.8. The largest absolute Gasteiger partial charge is 0.434 e. The second-order valence-electron chi connectivity index (χ2n) is 2.72. The van der Waals surface area contributed by atoms with Crippen LogP contribution in [0.1, 0.15) is 21.0 Å². The maximum absolute atomic E-state index is 10.8. The van der Waals surface area contributed by atoms with Crippen LogP contribution in [0, 0.1) is 0 Å². The first-order chi connectivity index (χ1) is 6.70. The van der Waals surface area contributed by atoms with Crippen molar-refractivity contribution < 1.29 is 14.0 Å². The van der Waals surface area contributed by atoms with E-state index >= 15 is 0 Å². The van der Waals surface area contributed by atoms with Crippen molar-refractivity contribution in [1.29, 1.82) is 0 Å². The summed E-state index contributed by atoms with van der Waals surface area (Å²) in [7, 11) is 0. The number of amides is 1. The Kier molecular flexibility index (Phi) is 1.78. The molecule has 0 saturated carbocycles. The van der Waals surface area contributed by atoms with Gasteiger partial charge in [-0.15, -0.1) is 0 Å². The summed E-state index contributed by atoms with van der Waals surface area (Å²) in [6.45, 7) is 0. The quantitative estimate of drug-likeness (QED) is 0.707. The lowest BCUT2D eigenvalue weighted by molar-refractivity contribution is 0.1000. The van der Waals surface area contributed by atoms with E-state index in [0.29, 0.717) is 22.9 Å². The van der Waals surface area contributed by atoms with E-state index in [1.807, 2.05) is 0 Å². The van der Waals surface area contributed by atoms with Crippen LogP contribution < -0.4 is 5.73 Å². The van der Waals surface area contributed by atoms with Gasteiger partial charge in [-0.25, -0.2) is 4.98 Å². The van der Waals surface area contributed by atoms with Gasteiger partial charge in [0.05, 0.1) is 0 Å². The molecule has 0 aliphatic heterocycles. The van der Waals surface area contributed by atoms with E-state index in [1.165, 1.54) is 12.1 Å². The Hall–Kier alpha value is -2.17. The number of aromatic nitrogens is 1. The molecule has 0 radical (unpaired) electrons. The van der Waals surface area contributed by atoms with Gasteiger partial charge >= 0.3 is 0 Å². The monoisotopic (exact) mass is 190 g/mol. The molecule has 0 bridgehead atoms. The van der Waals surface area contributed by atoms with Crippen LogP contribution >= 0.6 is 0 Å². The van der Waals surface area contributed by atoms with Crippen LogP contribution in [-0.2, 0) is 0 Å². The molecule has 0 atom stereocenters. The van der Waals surface area contributed by atoms with E-state index in [9.17, 15) is 9.59 Å². The first-order valence-electron chi connectivity index (χ1n) is 3.86. The molecule has 0 aliphatic rings. The predicted molar refractivity (Wildman–Crippen MR) is 47.9 cm³/mol. The molecule has 0 aliphatic carbocycles. The zero-order chi connectivity index (χ0) is 10.1. The van der Waals surface area contributed by atoms with E-state index < -0.39 is 5.91 Å². The van der Waals surface area contributed by atoms with Gasteiger partial charge in [0, 0.05) is 5.56 Å². The highest BCUT2D eigenvalue weighted by atomic mass is 16.4. The minimum atomic E-state index is -0.539. The second-order valence-corrected chi connectivity index (χ2v) is 2.72. The molecule has 1 aromatic carbocycles. The Labute approximate surface area is 78.5 Å². The predicted octanol–water partition coefficient (Wildman–Crippen LogP) is 0.739. The summed E-state index contributed by atoms with van der Waals surface area (Å²) in [5.74, 6) is -0.552. The van der Waals surface area contributed by atoms with E-state index in [4.69, 9.17) is 10.2 Å². The standard InChI is InChI=1S/C9H6N2O3/c10-9(13)5-1-2-7-6(3-5)11-8(4-12)14-7/h1-4H,(H2,10,13). The van der Waals surface area contributed by atoms with E-state index in [0.717, 1.165) is 0 Å². The van der Waals surface area contributed by atoms with E-state index in [1.54, 1.807) is 6.07 Å². The molecule has 5 nitrogen and oxygen atoms in total. The third-order valence-corrected chi connectivity index (χ3v) is 1.79. The molecule has 1 aromatic heterocycles. The second kappa shape index (κ2) is 2.95. The lowest BCUT2D eigenvalue weighted by Gasteiger charge is -1.92. The van der Waals surface area contributed by atoms with Gasteiger partial charge in [-0.3, -0.25) is 9.59 Å². The number of oxazole rings is 1. The zero-order valence-electron chi connectivity index (χ0n) is 7.06. The Balaban J connectivity index is 2.65. The third-order valence-electron chi connectivity index (χ3n) is 1.79. The zero-order valence-corrected chi connectivity index (χ0v) is 7.06. The van der Waals surface area contributed by atoms with Crippen LogP contribution in [0.2, 0.25) is 0 Å². The normalized spacial score (nSPS) is 10.3. The number of carbonyl (C=O) groups excluding carboxylic acids is 2. The first kappa shape index (κ1) is 8.43. The molecule has 0 unspecified atom stereocenters. The number of hydrogen-bond acceptors (Lipinski definition) is 4. The van der Waals surface area contributed by atoms with Gasteiger partial charge in [0.2, 0.25) is 12.2 Å². The van der Waals surface area contributed by atoms with Crippen molar-refractivity contribution in [1.82, 2.24) is 4.98 Å². The number of nitrogens with zero attached hydrogens (tertiary/aromatic N) is 1. The molecule has 14 heavy (non-hydrogen) atoms. The highest BCUT2D eigenvalue weighted by molar-refractivity contribution is 5.96. The van der Waals surface area contributed by atoms with Crippen molar-refractivity contribution in [3.8, 4) is 0 Å². The number of aldehydes is 1. The average Bonchev–Trinajstić information content (AvgIpc) is 2.58. The van der Waals surface area contributed by atoms with Gasteiger partial charge in [-0.1, -0.05) is 0 Å². The van der Waals surface area contributed by atoms with Gasteiger partial charge in [-0.05, 0) is 18.2 Å². The summed E-state index contributed by atoms with van der Waals surface area (Å²) in [6.07, 6.45) is 0.504. The van der Waals surface area contributed by atoms with Gasteiger partial charge < -0.3 is 10.2 Å². The number of rotatable bonds is 2. The summed E-state index contributed by atoms with van der Waals surface area (Å²) in [4.78, 5) is 25.0. The third kappa shape index (κ3) is 1.24. The van der Waals surface area contributed by atoms with Crippen molar-refractivity contribution in [2.24, 2.45) is 5.73 Å². The minimum absolute atomic E-state index is 0.0124. The maximum Gasteiger partial charge on any atom is 0.260 e. The van der Waals surface area contributed by atoms with Crippen molar-refractivity contribution >= 4 is 23.3 Å². The molecule has 2 N–H and O–H groups in total. The van der Waals surface area contributed by atoms with Crippen molar-refractivity contribution in [3.05, 3.63) is 29.7 Å². The van der Waals surface area contributed by atoms with Gasteiger partial charge in [0.25, 0.3) is 5.89 Å². The lowest BCUT2D eigenvalue weighted by Crippen LogP contribution is -2.10. The summed E-state index contributed by atoms with van der Waals surface area (Å²) in [6, 6.07) is 4.55. The lowest BCUT2D eigenvalue weighted by atomic mass is 10.2. The summed E-state index contributed by atoms with van der Waals surface area (Å²) >= 11 is 0. The minimum Gasteiger partial charge on any atom is -0.434 e. The summed E-state index contributed by atoms with van der Waals surface area (Å²) in [5.41, 5.74) is 6.32. The first-order valence-corrected chi connectivity index (χ1v) is 3.86. The molecule has 0 saturated heterocycles. The molecule has 2 rings (SSSR count). The Morgan fingerprint density at radius 3 is 2.93 bits per heavy atom. The molecule has 0 spiro atoms. The van der Waals surface area contributed by atoms with Crippen LogP contribution in [0.4, 0.5) is 0 Å². The molecule has 2 aromatic rings. The van der Waals surface area contributed by atoms with Gasteiger partial charge in [0.1, 0.15) is 5.52 Å². The molecular formula is C9H6N2O3. The van der Waals surface area contributed by atoms with E-state index in [2.05, 4.69) is 4.98 Å². The Bertz CT molecular complexity index is 516. The number of fused-ring (bicyclic) bond motifs is 1. The van der Waals surface area contributed by atoms with Crippen LogP contribution in [-0.4, -0.2) is 17.2 Å². The van der Waals surface area contributed by atoms with Gasteiger partial charge in [0.15, 0.2) is 5.58 Å². The fraction of sp³-hybridized carbons (Fsp3) is 0. The molecular weight excluding hydrogens is 184 g/mol. The highest BCUT2D eigenvalue weighted by Crippen LogP contribution is 2.15. The van der Waals surface area contributed by atoms with Gasteiger partial charge in [-0.2, -0.15) is 0 Å². The molecule has 70 valence electrons. The summed E-state index contributed by atoms with van der Waals surface area (Å²) < 4.78 is 5.02. The van der Waals surface area contributed by atoms with Crippen molar-refractivity contribution in [2.45, 2.75) is 0 Å². The fourth-order valence-corrected chi connectivity index (χ4v) is 1.15. The number of nitrogens with two attached hydrogens (primary N) is 1. The fourth-order valence-electron chi connectivity index (χ4n) is 1.15. The molecule has 5 heteroatoms. The molecule has 0 fully saturated rings. The van der Waals surface area contributed by atoms with Crippen molar-refractivity contribution in [2.75, 3.05) is 0 Å². The summed E-state index contributed by atoms with van der Waals surface area (Å²) in [5, 5.41) is 0. The molecule has 1 amide bonds. The smallest absolute Gasteiger partial charge is 0.260 e. The van der Waals surface area contributed by atoms with Crippen LogP contribution in [0.3, 0.4) is 0 Å². The number of carbonyl (C=O) groups is 2. The number of benzene rings is 1. The SMILES string of the molecule is NC(=O)c1ccc2oc(C=O)nc2c1. The van der Waals surface area contributed by atoms with Crippen LogP contribution in [0.5, 0.6) is 0 Å². The Morgan fingerprint density at radius 2 is 2.29 bits per heavy atom. The Morgan fingerprint density at radius 1 is 1.50 bits per heavy atom. The topological polar surface area (TPSA) is 86.2 Å².